The maximum atomic E-state index is 12.8. The molecule has 0 amide bonds. The number of hydrogen-bond donors (Lipinski definition) is 3. The monoisotopic (exact) mass is 452 g/mol. The van der Waals surface area contributed by atoms with E-state index in [9.17, 15) is 9.90 Å². The normalized spacial score (nSPS) is 10.3. The molecule has 0 unspecified atom stereocenters. The van der Waals surface area contributed by atoms with Gasteiger partial charge in [-0.05, 0) is 66.7 Å². The van der Waals surface area contributed by atoms with E-state index >= 15 is 0 Å². The van der Waals surface area contributed by atoms with Gasteiger partial charge in [0.2, 0.25) is 11.2 Å². The fourth-order valence-corrected chi connectivity index (χ4v) is 3.18. The molecule has 1 heterocycles. The third-order valence-electron chi connectivity index (χ3n) is 4.87. The molecule has 0 spiro atoms. The lowest BCUT2D eigenvalue weighted by Crippen LogP contribution is -2.12. The molecule has 4 aromatic rings. The average molecular weight is 453 g/mol. The predicted molar refractivity (Wildman–Crippen MR) is 127 cm³/mol. The van der Waals surface area contributed by atoms with E-state index in [0.29, 0.717) is 33.9 Å². The lowest BCUT2D eigenvalue weighted by Gasteiger charge is -2.11. The van der Waals surface area contributed by atoms with Crippen LogP contribution < -0.4 is 20.2 Å². The largest absolute Gasteiger partial charge is 0.502 e. The van der Waals surface area contributed by atoms with Crippen LogP contribution in [0.4, 0.5) is 5.69 Å². The molecule has 0 aliphatic heterocycles. The number of hydrogen-bond acceptors (Lipinski definition) is 6. The van der Waals surface area contributed by atoms with Crippen LogP contribution >= 0.6 is 12.4 Å². The second-order valence-corrected chi connectivity index (χ2v) is 6.78. The zero-order valence-electron chi connectivity index (χ0n) is 17.3. The van der Waals surface area contributed by atoms with Gasteiger partial charge in [-0.15, -0.1) is 12.4 Å². The van der Waals surface area contributed by atoms with Gasteiger partial charge in [-0.1, -0.05) is 0 Å². The lowest BCUT2D eigenvalue weighted by molar-refractivity contribution is 0.414. The minimum atomic E-state index is -0.549. The lowest BCUT2D eigenvalue weighted by atomic mass is 10.1. The number of nitrogens with one attached hydrogen (secondary N) is 2. The predicted octanol–water partition coefficient (Wildman–Crippen LogP) is 5.04. The summed E-state index contributed by atoms with van der Waals surface area (Å²) in [6, 6.07) is 18.8. The van der Waals surface area contributed by atoms with E-state index in [2.05, 4.69) is 5.32 Å². The van der Waals surface area contributed by atoms with E-state index in [0.717, 1.165) is 0 Å². The van der Waals surface area contributed by atoms with Crippen LogP contribution in [0.3, 0.4) is 0 Å². The molecule has 0 radical (unpaired) electrons. The molecule has 0 saturated carbocycles. The highest BCUT2D eigenvalue weighted by Crippen LogP contribution is 2.32. The number of fused-ring (bicyclic) bond motifs is 1. The van der Waals surface area contributed by atoms with E-state index in [-0.39, 0.29) is 29.4 Å². The van der Waals surface area contributed by atoms with Crippen LogP contribution in [0, 0.1) is 5.41 Å². The Labute approximate surface area is 190 Å². The van der Waals surface area contributed by atoms with Crippen molar-refractivity contribution in [2.75, 3.05) is 19.5 Å². The van der Waals surface area contributed by atoms with Crippen LogP contribution in [0.1, 0.15) is 5.56 Å². The molecule has 3 N–H and O–H groups in total. The molecular weight excluding hydrogens is 432 g/mol. The van der Waals surface area contributed by atoms with Crippen LogP contribution in [0.2, 0.25) is 0 Å². The zero-order valence-corrected chi connectivity index (χ0v) is 18.2. The second kappa shape index (κ2) is 9.45. The summed E-state index contributed by atoms with van der Waals surface area (Å²) >= 11 is 0. The number of aromatic hydroxyl groups is 1. The van der Waals surface area contributed by atoms with Gasteiger partial charge < -0.3 is 24.3 Å². The van der Waals surface area contributed by atoms with Crippen molar-refractivity contribution in [3.8, 4) is 28.6 Å². The number of benzene rings is 3. The van der Waals surface area contributed by atoms with E-state index in [4.69, 9.17) is 19.3 Å². The molecule has 8 heteroatoms. The second-order valence-electron chi connectivity index (χ2n) is 6.78. The third-order valence-corrected chi connectivity index (χ3v) is 4.87. The molecule has 0 fully saturated rings. The van der Waals surface area contributed by atoms with Gasteiger partial charge in [-0.2, -0.15) is 0 Å². The van der Waals surface area contributed by atoms with Crippen molar-refractivity contribution in [1.82, 2.24) is 0 Å². The SMILES string of the molecule is COc1ccc(C(=N)Nc2ccc3oc(-c4ccc(OC)cc4)c(O)c(=O)c3c2)cc1.Cl. The minimum absolute atomic E-state index is 0. The fourth-order valence-electron chi connectivity index (χ4n) is 3.18. The molecule has 4 rings (SSSR count). The van der Waals surface area contributed by atoms with Crippen LogP contribution in [0.25, 0.3) is 22.3 Å². The maximum Gasteiger partial charge on any atom is 0.235 e. The summed E-state index contributed by atoms with van der Waals surface area (Å²) in [5.74, 6) is 1.13. The number of anilines is 1. The summed E-state index contributed by atoms with van der Waals surface area (Å²) in [5, 5.41) is 21.9. The van der Waals surface area contributed by atoms with Gasteiger partial charge in [-0.25, -0.2) is 0 Å². The van der Waals surface area contributed by atoms with Crippen molar-refractivity contribution in [3.63, 3.8) is 0 Å². The Kier molecular flexibility index (Phi) is 6.70. The molecule has 32 heavy (non-hydrogen) atoms. The van der Waals surface area contributed by atoms with Crippen LogP contribution in [0.15, 0.2) is 75.9 Å². The van der Waals surface area contributed by atoms with Gasteiger partial charge >= 0.3 is 0 Å². The summed E-state index contributed by atoms with van der Waals surface area (Å²) in [4.78, 5) is 12.8. The Morgan fingerprint density at radius 2 is 1.53 bits per heavy atom. The molecule has 1 aromatic heterocycles. The standard InChI is InChI=1S/C24H20N2O5.ClH/c1-29-17-8-3-14(4-9-17)23-22(28)21(27)19-13-16(7-12-20(19)31-23)26-24(25)15-5-10-18(30-2)11-6-15;/h3-13,28H,1-2H3,(H2,25,26);1H. The number of halogens is 1. The Morgan fingerprint density at radius 1 is 0.938 bits per heavy atom. The summed E-state index contributed by atoms with van der Waals surface area (Å²) in [7, 11) is 3.14. The first-order valence-electron chi connectivity index (χ1n) is 9.44. The van der Waals surface area contributed by atoms with Crippen molar-refractivity contribution in [1.29, 1.82) is 5.41 Å². The Morgan fingerprint density at radius 3 is 2.12 bits per heavy atom. The van der Waals surface area contributed by atoms with Crippen molar-refractivity contribution in [3.05, 3.63) is 82.5 Å². The van der Waals surface area contributed by atoms with E-state index in [1.807, 2.05) is 0 Å². The van der Waals surface area contributed by atoms with Crippen molar-refractivity contribution in [2.45, 2.75) is 0 Å². The highest BCUT2D eigenvalue weighted by Gasteiger charge is 2.16. The topological polar surface area (TPSA) is 105 Å². The smallest absolute Gasteiger partial charge is 0.235 e. The molecular formula is C24H21ClN2O5. The highest BCUT2D eigenvalue weighted by molar-refractivity contribution is 6.06. The van der Waals surface area contributed by atoms with E-state index < -0.39 is 11.2 Å². The van der Waals surface area contributed by atoms with E-state index in [1.165, 1.54) is 0 Å². The summed E-state index contributed by atoms with van der Waals surface area (Å²) in [5.41, 5.74) is 1.52. The fraction of sp³-hybridized carbons (Fsp3) is 0.0833. The van der Waals surface area contributed by atoms with Crippen molar-refractivity contribution >= 4 is 34.9 Å². The Hall–Kier alpha value is -3.97. The quantitative estimate of drug-likeness (QED) is 0.289. The minimum Gasteiger partial charge on any atom is -0.502 e. The highest BCUT2D eigenvalue weighted by atomic mass is 35.5. The van der Waals surface area contributed by atoms with Gasteiger partial charge in [0.15, 0.2) is 5.76 Å². The molecule has 0 aliphatic carbocycles. The molecule has 7 nitrogen and oxygen atoms in total. The molecule has 0 atom stereocenters. The first kappa shape index (κ1) is 22.7. The number of rotatable bonds is 5. The van der Waals surface area contributed by atoms with E-state index in [1.54, 1.807) is 80.9 Å². The van der Waals surface area contributed by atoms with Crippen molar-refractivity contribution in [2.24, 2.45) is 0 Å². The Bertz CT molecular complexity index is 1320. The van der Waals surface area contributed by atoms with Crippen LogP contribution in [-0.2, 0) is 0 Å². The first-order chi connectivity index (χ1) is 15.0. The molecule has 0 aliphatic rings. The van der Waals surface area contributed by atoms with Crippen LogP contribution in [-0.4, -0.2) is 25.2 Å². The summed E-state index contributed by atoms with van der Waals surface area (Å²) in [6.07, 6.45) is 0. The maximum absolute atomic E-state index is 12.8. The van der Waals surface area contributed by atoms with Gasteiger partial charge in [-0.3, -0.25) is 10.2 Å². The number of ether oxygens (including phenoxy) is 2. The third kappa shape index (κ3) is 4.38. The average Bonchev–Trinajstić information content (AvgIpc) is 2.81. The Balaban J connectivity index is 0.00000289. The number of amidine groups is 1. The molecule has 164 valence electrons. The zero-order chi connectivity index (χ0) is 22.0. The summed E-state index contributed by atoms with van der Waals surface area (Å²) in [6.45, 7) is 0. The summed E-state index contributed by atoms with van der Waals surface area (Å²) < 4.78 is 16.1. The van der Waals surface area contributed by atoms with Crippen molar-refractivity contribution < 1.29 is 19.0 Å². The molecule has 0 bridgehead atoms. The van der Waals surface area contributed by atoms with Gasteiger partial charge in [0.05, 0.1) is 19.6 Å². The number of methoxy groups -OCH3 is 2. The van der Waals surface area contributed by atoms with Gasteiger partial charge in [0.1, 0.15) is 22.9 Å². The van der Waals surface area contributed by atoms with Gasteiger partial charge in [0.25, 0.3) is 0 Å². The molecule has 0 saturated heterocycles. The van der Waals surface area contributed by atoms with Crippen LogP contribution in [0.5, 0.6) is 17.2 Å². The molecule has 3 aromatic carbocycles. The first-order valence-corrected chi connectivity index (χ1v) is 9.44. The van der Waals surface area contributed by atoms with Gasteiger partial charge in [0, 0.05) is 16.8 Å².